The largest absolute Gasteiger partial charge is 0.514 e. The van der Waals surface area contributed by atoms with Crippen LogP contribution >= 0.6 is 0 Å². The Labute approximate surface area is 174 Å². The van der Waals surface area contributed by atoms with Crippen molar-refractivity contribution >= 4 is 33.9 Å². The van der Waals surface area contributed by atoms with Crippen molar-refractivity contribution in [2.45, 2.75) is 13.8 Å². The molecule has 0 aliphatic heterocycles. The lowest BCUT2D eigenvalue weighted by Crippen LogP contribution is -2.13. The zero-order valence-corrected chi connectivity index (χ0v) is 16.9. The summed E-state index contributed by atoms with van der Waals surface area (Å²) in [5.41, 5.74) is 1.78. The normalized spacial score (nSPS) is 10.5. The van der Waals surface area contributed by atoms with Crippen LogP contribution in [0.15, 0.2) is 61.7 Å². The van der Waals surface area contributed by atoms with E-state index in [-0.39, 0.29) is 13.2 Å². The molecule has 3 aromatic carbocycles. The summed E-state index contributed by atoms with van der Waals surface area (Å²) < 4.78 is 21.2. The van der Waals surface area contributed by atoms with Crippen LogP contribution in [0.3, 0.4) is 0 Å². The van der Waals surface area contributed by atoms with Gasteiger partial charge < -0.3 is 18.9 Å². The molecule has 0 saturated carbocycles. The highest BCUT2D eigenvalue weighted by atomic mass is 16.7. The van der Waals surface area contributed by atoms with Gasteiger partial charge in [0.2, 0.25) is 0 Å². The van der Waals surface area contributed by atoms with Crippen molar-refractivity contribution in [3.8, 4) is 11.5 Å². The van der Waals surface area contributed by atoms with Crippen LogP contribution in [0.25, 0.3) is 21.5 Å². The average Bonchev–Trinajstić information content (AvgIpc) is 2.73. The molecule has 0 fully saturated rings. The summed E-state index contributed by atoms with van der Waals surface area (Å²) in [6.45, 7) is 10.9. The van der Waals surface area contributed by atoms with Crippen molar-refractivity contribution in [1.82, 2.24) is 0 Å². The maximum atomic E-state index is 12.2. The predicted octanol–water partition coefficient (Wildman–Crippen LogP) is 6.01. The van der Waals surface area contributed by atoms with Crippen LogP contribution < -0.4 is 9.47 Å². The Bertz CT molecular complexity index is 1140. The number of hydrogen-bond acceptors (Lipinski definition) is 6. The Hall–Kier alpha value is -3.80. The van der Waals surface area contributed by atoms with Crippen LogP contribution in [0, 0.1) is 13.8 Å². The summed E-state index contributed by atoms with van der Waals surface area (Å²) in [5.74, 6) is 0.659. The van der Waals surface area contributed by atoms with Crippen LogP contribution in [0.5, 0.6) is 11.5 Å². The van der Waals surface area contributed by atoms with E-state index in [4.69, 9.17) is 18.9 Å². The number of benzene rings is 3. The Balaban J connectivity index is 2.26. The van der Waals surface area contributed by atoms with E-state index < -0.39 is 12.3 Å². The van der Waals surface area contributed by atoms with Crippen LogP contribution in [0.1, 0.15) is 11.1 Å². The molecular formula is C24H22O6. The van der Waals surface area contributed by atoms with Gasteiger partial charge in [-0.2, -0.15) is 0 Å². The van der Waals surface area contributed by atoms with Crippen molar-refractivity contribution in [3.05, 3.63) is 72.8 Å². The van der Waals surface area contributed by atoms with Gasteiger partial charge in [-0.25, -0.2) is 9.59 Å². The van der Waals surface area contributed by atoms with Crippen LogP contribution in [0.2, 0.25) is 0 Å². The third kappa shape index (κ3) is 4.27. The SMILES string of the molecule is C=CCOC(=O)Oc1c2cc(C)ccc2c(OC(=O)OCC=C)c2c(C)cccc12. The molecule has 0 aromatic heterocycles. The van der Waals surface area contributed by atoms with E-state index in [2.05, 4.69) is 13.2 Å². The second-order valence-corrected chi connectivity index (χ2v) is 6.61. The first kappa shape index (κ1) is 20.9. The smallest absolute Gasteiger partial charge is 0.430 e. The maximum Gasteiger partial charge on any atom is 0.514 e. The van der Waals surface area contributed by atoms with Gasteiger partial charge in [-0.05, 0) is 25.5 Å². The minimum Gasteiger partial charge on any atom is -0.430 e. The predicted molar refractivity (Wildman–Crippen MR) is 115 cm³/mol. The first-order valence-corrected chi connectivity index (χ1v) is 9.33. The van der Waals surface area contributed by atoms with Gasteiger partial charge in [0.05, 0.1) is 0 Å². The molecule has 0 spiro atoms. The fraction of sp³-hybridized carbons (Fsp3) is 0.167. The molecule has 0 atom stereocenters. The Morgan fingerprint density at radius 3 is 2.10 bits per heavy atom. The first-order valence-electron chi connectivity index (χ1n) is 9.33. The Morgan fingerprint density at radius 2 is 1.47 bits per heavy atom. The molecule has 0 N–H and O–H groups in total. The summed E-state index contributed by atoms with van der Waals surface area (Å²) in [7, 11) is 0. The van der Waals surface area contributed by atoms with Gasteiger partial charge >= 0.3 is 12.3 Å². The molecule has 30 heavy (non-hydrogen) atoms. The lowest BCUT2D eigenvalue weighted by Gasteiger charge is -2.17. The second-order valence-electron chi connectivity index (χ2n) is 6.61. The molecule has 0 aliphatic rings. The highest BCUT2D eigenvalue weighted by molar-refractivity contribution is 6.13. The molecule has 0 aliphatic carbocycles. The monoisotopic (exact) mass is 406 g/mol. The minimum absolute atomic E-state index is 0.0308. The van der Waals surface area contributed by atoms with Crippen LogP contribution in [0.4, 0.5) is 9.59 Å². The number of ether oxygens (including phenoxy) is 4. The van der Waals surface area contributed by atoms with Gasteiger partial charge in [0, 0.05) is 21.5 Å². The maximum absolute atomic E-state index is 12.2. The summed E-state index contributed by atoms with van der Waals surface area (Å²) in [4.78, 5) is 24.4. The number of carbonyl (C=O) groups excluding carboxylic acids is 2. The molecule has 6 heteroatoms. The summed E-state index contributed by atoms with van der Waals surface area (Å²) in [6, 6.07) is 11.1. The average molecular weight is 406 g/mol. The van der Waals surface area contributed by atoms with Gasteiger partial charge in [0.25, 0.3) is 0 Å². The third-order valence-electron chi connectivity index (χ3n) is 4.42. The van der Waals surface area contributed by atoms with E-state index in [0.717, 1.165) is 11.1 Å². The van der Waals surface area contributed by atoms with Crippen molar-refractivity contribution < 1.29 is 28.5 Å². The molecule has 0 heterocycles. The van der Waals surface area contributed by atoms with Crippen LogP contribution in [-0.4, -0.2) is 25.5 Å². The molecule has 154 valence electrons. The second kappa shape index (κ2) is 9.13. The van der Waals surface area contributed by atoms with Crippen molar-refractivity contribution in [2.24, 2.45) is 0 Å². The van der Waals surface area contributed by atoms with Crippen molar-refractivity contribution in [1.29, 1.82) is 0 Å². The van der Waals surface area contributed by atoms with E-state index in [1.165, 1.54) is 12.2 Å². The number of hydrogen-bond donors (Lipinski definition) is 0. The first-order chi connectivity index (χ1) is 14.5. The van der Waals surface area contributed by atoms with E-state index in [1.54, 1.807) is 6.07 Å². The molecule has 0 bridgehead atoms. The highest BCUT2D eigenvalue weighted by Crippen LogP contribution is 2.44. The number of rotatable bonds is 6. The van der Waals surface area contributed by atoms with E-state index in [1.807, 2.05) is 44.2 Å². The lowest BCUT2D eigenvalue weighted by molar-refractivity contribution is 0.109. The van der Waals surface area contributed by atoms with Gasteiger partial charge in [0.15, 0.2) is 5.75 Å². The zero-order chi connectivity index (χ0) is 21.7. The molecule has 0 radical (unpaired) electrons. The Morgan fingerprint density at radius 1 is 0.833 bits per heavy atom. The lowest BCUT2D eigenvalue weighted by atomic mass is 9.96. The summed E-state index contributed by atoms with van der Waals surface area (Å²) in [6.07, 6.45) is 1.22. The van der Waals surface area contributed by atoms with Crippen LogP contribution in [-0.2, 0) is 9.47 Å². The van der Waals surface area contributed by atoms with Crippen molar-refractivity contribution in [3.63, 3.8) is 0 Å². The molecule has 0 saturated heterocycles. The Kier molecular flexibility index (Phi) is 6.37. The highest BCUT2D eigenvalue weighted by Gasteiger charge is 2.22. The zero-order valence-electron chi connectivity index (χ0n) is 16.9. The van der Waals surface area contributed by atoms with Gasteiger partial charge in [-0.15, -0.1) is 0 Å². The molecule has 6 nitrogen and oxygen atoms in total. The topological polar surface area (TPSA) is 71.1 Å². The van der Waals surface area contributed by atoms with Crippen molar-refractivity contribution in [2.75, 3.05) is 13.2 Å². The third-order valence-corrected chi connectivity index (χ3v) is 4.42. The number of aryl methyl sites for hydroxylation is 2. The molecule has 0 unspecified atom stereocenters. The molecule has 3 aromatic rings. The standard InChI is InChI=1S/C24H22O6/c1-5-12-27-23(25)29-21-18-9-7-8-16(4)20(18)22(30-24(26)28-13-6-2)17-11-10-15(3)14-19(17)21/h5-11,14H,1-2,12-13H2,3-4H3. The van der Waals surface area contributed by atoms with E-state index in [0.29, 0.717) is 33.0 Å². The summed E-state index contributed by atoms with van der Waals surface area (Å²) in [5, 5.41) is 2.45. The quantitative estimate of drug-likeness (QED) is 0.216. The van der Waals surface area contributed by atoms with E-state index in [9.17, 15) is 9.59 Å². The molecule has 0 amide bonds. The summed E-state index contributed by atoms with van der Waals surface area (Å²) >= 11 is 0. The number of carbonyl (C=O) groups is 2. The number of fused-ring (bicyclic) bond motifs is 2. The van der Waals surface area contributed by atoms with E-state index >= 15 is 0 Å². The minimum atomic E-state index is -0.848. The van der Waals surface area contributed by atoms with Gasteiger partial charge in [-0.1, -0.05) is 61.2 Å². The molecular weight excluding hydrogens is 384 g/mol. The van der Waals surface area contributed by atoms with Gasteiger partial charge in [0.1, 0.15) is 19.0 Å². The fourth-order valence-electron chi connectivity index (χ4n) is 3.18. The fourth-order valence-corrected chi connectivity index (χ4v) is 3.18. The van der Waals surface area contributed by atoms with Gasteiger partial charge in [-0.3, -0.25) is 0 Å². The molecule has 3 rings (SSSR count).